The summed E-state index contributed by atoms with van der Waals surface area (Å²) < 4.78 is 27.5. The topological polar surface area (TPSA) is 73.1 Å². The van der Waals surface area contributed by atoms with E-state index in [4.69, 9.17) is 23.9 Å². The number of aryl methyl sites for hydroxylation is 1. The Bertz CT molecular complexity index is 2430. The summed E-state index contributed by atoms with van der Waals surface area (Å²) in [7, 11) is 3.10. The van der Waals surface area contributed by atoms with Gasteiger partial charge in [0.2, 0.25) is 0 Å². The molecule has 2 aliphatic rings. The van der Waals surface area contributed by atoms with Crippen LogP contribution in [0.4, 0.5) is 0 Å². The Hall–Kier alpha value is -5.63. The minimum absolute atomic E-state index is 0.384. The van der Waals surface area contributed by atoms with Crippen molar-refractivity contribution in [1.82, 2.24) is 9.88 Å². The van der Waals surface area contributed by atoms with Gasteiger partial charge in [0.15, 0.2) is 0 Å². The molecule has 4 aromatic rings. The molecular weight excluding hydrogens is 759 g/mol. The average molecular weight is 825 g/mol. The maximum absolute atomic E-state index is 12.8. The van der Waals surface area contributed by atoms with Gasteiger partial charge in [0.25, 0.3) is 0 Å². The van der Waals surface area contributed by atoms with Crippen LogP contribution in [0.15, 0.2) is 104 Å². The SMILES string of the molecule is C=C/C=C(/C(O/C(C)=c1\cccc\c1=C(\C)OC(C=CN1CCC(C)C(CC)C1)c1ccnc2ccc(OC)cc12)=[N+]1CCC(C)C(CC)C1)c1cc(C(=O)OC)ccc1C. The summed E-state index contributed by atoms with van der Waals surface area (Å²) in [5.74, 6) is 5.11. The third kappa shape index (κ3) is 10.5. The van der Waals surface area contributed by atoms with Crippen LogP contribution in [-0.4, -0.2) is 66.7 Å². The van der Waals surface area contributed by atoms with Crippen molar-refractivity contribution in [2.75, 3.05) is 40.4 Å². The van der Waals surface area contributed by atoms with E-state index in [9.17, 15) is 4.79 Å². The summed E-state index contributed by atoms with van der Waals surface area (Å²) in [4.78, 5) is 19.9. The van der Waals surface area contributed by atoms with Gasteiger partial charge in [0.1, 0.15) is 36.5 Å². The van der Waals surface area contributed by atoms with E-state index in [1.807, 2.05) is 68.6 Å². The number of likely N-dealkylation sites (tertiary alicyclic amines) is 1. The van der Waals surface area contributed by atoms with Gasteiger partial charge >= 0.3 is 11.9 Å². The second-order valence-corrected chi connectivity index (χ2v) is 16.9. The number of allylic oxidation sites excluding steroid dienone is 2. The number of methoxy groups -OCH3 is 2. The Morgan fingerprint density at radius 1 is 0.951 bits per heavy atom. The zero-order chi connectivity index (χ0) is 43.6. The van der Waals surface area contributed by atoms with Crippen LogP contribution in [0.3, 0.4) is 0 Å². The van der Waals surface area contributed by atoms with Crippen LogP contribution in [0.5, 0.6) is 5.75 Å². The molecule has 3 aromatic carbocycles. The lowest BCUT2D eigenvalue weighted by Gasteiger charge is -2.36. The highest BCUT2D eigenvalue weighted by Crippen LogP contribution is 2.33. The fourth-order valence-corrected chi connectivity index (χ4v) is 9.03. The Labute approximate surface area is 363 Å². The number of hydrogen-bond acceptors (Lipinski definition) is 7. The van der Waals surface area contributed by atoms with E-state index in [0.29, 0.717) is 29.2 Å². The number of carbonyl (C=O) groups is 1. The molecule has 8 heteroatoms. The summed E-state index contributed by atoms with van der Waals surface area (Å²) in [6, 6.07) is 22.0. The van der Waals surface area contributed by atoms with Crippen LogP contribution >= 0.6 is 0 Å². The molecule has 5 unspecified atom stereocenters. The van der Waals surface area contributed by atoms with Gasteiger partial charge in [-0.2, -0.15) is 4.58 Å². The molecular formula is C53H66N3O5+. The number of aromatic nitrogens is 1. The monoisotopic (exact) mass is 824 g/mol. The van der Waals surface area contributed by atoms with E-state index in [0.717, 1.165) is 106 Å². The molecule has 0 N–H and O–H groups in total. The van der Waals surface area contributed by atoms with Gasteiger partial charge in [-0.25, -0.2) is 4.79 Å². The zero-order valence-corrected chi connectivity index (χ0v) is 37.9. The number of carbonyl (C=O) groups excluding carboxylic acids is 1. The Kier molecular flexibility index (Phi) is 15.3. The van der Waals surface area contributed by atoms with Crippen molar-refractivity contribution in [1.29, 1.82) is 0 Å². The second kappa shape index (κ2) is 20.8. The Morgan fingerprint density at radius 3 is 2.39 bits per heavy atom. The van der Waals surface area contributed by atoms with E-state index >= 15 is 0 Å². The zero-order valence-electron chi connectivity index (χ0n) is 37.9. The largest absolute Gasteiger partial charge is 0.497 e. The highest BCUT2D eigenvalue weighted by atomic mass is 16.5. The summed E-state index contributed by atoms with van der Waals surface area (Å²) in [6.07, 6.45) is 14.1. The van der Waals surface area contributed by atoms with Crippen LogP contribution < -0.4 is 15.2 Å². The lowest BCUT2D eigenvalue weighted by Crippen LogP contribution is -2.38. The second-order valence-electron chi connectivity index (χ2n) is 16.9. The van der Waals surface area contributed by atoms with Gasteiger partial charge < -0.3 is 23.8 Å². The highest BCUT2D eigenvalue weighted by Gasteiger charge is 2.34. The van der Waals surface area contributed by atoms with Crippen molar-refractivity contribution >= 4 is 39.9 Å². The fraction of sp³-hybridized carbons (Fsp3) is 0.415. The lowest BCUT2D eigenvalue weighted by atomic mass is 9.85. The van der Waals surface area contributed by atoms with Gasteiger partial charge in [-0.15, -0.1) is 0 Å². The third-order valence-corrected chi connectivity index (χ3v) is 13.1. The molecule has 0 radical (unpaired) electrons. The number of pyridine rings is 1. The van der Waals surface area contributed by atoms with E-state index in [1.54, 1.807) is 19.3 Å². The fourth-order valence-electron chi connectivity index (χ4n) is 9.03. The predicted octanol–water partition coefficient (Wildman–Crippen LogP) is 10.00. The van der Waals surface area contributed by atoms with Crippen molar-refractivity contribution in [2.24, 2.45) is 23.7 Å². The maximum Gasteiger partial charge on any atom is 0.375 e. The van der Waals surface area contributed by atoms with Crippen LogP contribution in [0.25, 0.3) is 28.0 Å². The van der Waals surface area contributed by atoms with E-state index in [1.165, 1.54) is 20.0 Å². The van der Waals surface area contributed by atoms with E-state index in [-0.39, 0.29) is 5.97 Å². The molecule has 0 bridgehead atoms. The summed E-state index contributed by atoms with van der Waals surface area (Å²) >= 11 is 0. The summed E-state index contributed by atoms with van der Waals surface area (Å²) in [5, 5.41) is 2.84. The third-order valence-electron chi connectivity index (χ3n) is 13.1. The molecule has 2 aliphatic heterocycles. The maximum atomic E-state index is 12.8. The minimum atomic E-state index is -0.415. The van der Waals surface area contributed by atoms with E-state index in [2.05, 4.69) is 81.1 Å². The molecule has 0 amide bonds. The number of nitrogens with zero attached hydrogens (tertiary/aromatic N) is 3. The molecule has 322 valence electrons. The van der Waals surface area contributed by atoms with Crippen LogP contribution in [0.1, 0.15) is 100 Å². The Morgan fingerprint density at radius 2 is 1.69 bits per heavy atom. The van der Waals surface area contributed by atoms with Crippen molar-refractivity contribution in [3.63, 3.8) is 0 Å². The number of fused-ring (bicyclic) bond motifs is 1. The first-order chi connectivity index (χ1) is 29.5. The number of ether oxygens (including phenoxy) is 4. The first-order valence-corrected chi connectivity index (χ1v) is 22.1. The minimum Gasteiger partial charge on any atom is -0.497 e. The van der Waals surface area contributed by atoms with Gasteiger partial charge in [-0.3, -0.25) is 4.98 Å². The molecule has 5 atom stereocenters. The van der Waals surface area contributed by atoms with E-state index < -0.39 is 6.10 Å². The predicted molar refractivity (Wildman–Crippen MR) is 249 cm³/mol. The molecule has 3 heterocycles. The number of piperidine rings is 2. The molecule has 0 aliphatic carbocycles. The molecule has 6 rings (SSSR count). The smallest absolute Gasteiger partial charge is 0.375 e. The van der Waals surface area contributed by atoms with Gasteiger partial charge in [0, 0.05) is 53.0 Å². The summed E-state index contributed by atoms with van der Waals surface area (Å²) in [5.41, 5.74) is 5.13. The number of benzene rings is 3. The molecule has 0 spiro atoms. The highest BCUT2D eigenvalue weighted by molar-refractivity contribution is 6.19. The average Bonchev–Trinajstić information content (AvgIpc) is 3.29. The quantitative estimate of drug-likeness (QED) is 0.0576. The van der Waals surface area contributed by atoms with Crippen molar-refractivity contribution < 1.29 is 28.3 Å². The normalized spacial score (nSPS) is 22.0. The van der Waals surface area contributed by atoms with Crippen LogP contribution in [-0.2, 0) is 14.2 Å². The molecule has 2 saturated heterocycles. The van der Waals surface area contributed by atoms with Crippen molar-refractivity contribution in [3.8, 4) is 5.75 Å². The van der Waals surface area contributed by atoms with Crippen molar-refractivity contribution in [2.45, 2.75) is 80.3 Å². The lowest BCUT2D eigenvalue weighted by molar-refractivity contribution is -0.555. The number of hydrogen-bond donors (Lipinski definition) is 0. The molecule has 8 nitrogen and oxygen atoms in total. The summed E-state index contributed by atoms with van der Waals surface area (Å²) in [6.45, 7) is 23.3. The number of esters is 1. The van der Waals surface area contributed by atoms with Crippen molar-refractivity contribution in [3.05, 3.63) is 137 Å². The standard InChI is InChI=1S/C53H66N3O5/c1-11-16-47(48-31-42(53(57)59-10)20-19-37(48)6)52(56-30-25-36(5)41(13-3)34-56)61-39(8)45-18-15-14-17-44(45)38(7)60-51(26-29-55-28-24-35(4)40(12-2)33-55)46-23-27-54-50-22-21-43(58-9)32-49(46)50/h11,14-23,26-27,29,31-32,35-36,40-41,51H,1,12-13,24-25,28,30,33-34H2,2-10H3/q+1/b29-26?,44-38+,45-39+,47-16+,56-52?. The van der Waals surface area contributed by atoms with Crippen LogP contribution in [0, 0.1) is 30.6 Å². The van der Waals surface area contributed by atoms with Gasteiger partial charge in [-0.1, -0.05) is 77.1 Å². The van der Waals surface area contributed by atoms with Crippen LogP contribution in [0.2, 0.25) is 0 Å². The first-order valence-electron chi connectivity index (χ1n) is 22.1. The van der Waals surface area contributed by atoms with Gasteiger partial charge in [-0.05, 0) is 117 Å². The van der Waals surface area contributed by atoms with Gasteiger partial charge in [0.05, 0.1) is 30.9 Å². The first kappa shape index (κ1) is 44.9. The number of rotatable bonds is 13. The Balaban J connectivity index is 1.49. The molecule has 0 saturated carbocycles. The molecule has 1 aromatic heterocycles. The molecule has 2 fully saturated rings. The molecule has 61 heavy (non-hydrogen) atoms.